The lowest BCUT2D eigenvalue weighted by molar-refractivity contribution is -0.150. The monoisotopic (exact) mass is 365 g/mol. The van der Waals surface area contributed by atoms with Crippen LogP contribution in [0.1, 0.15) is 51.5 Å². The van der Waals surface area contributed by atoms with Gasteiger partial charge in [0, 0.05) is 17.3 Å². The van der Waals surface area contributed by atoms with Gasteiger partial charge in [-0.3, -0.25) is 0 Å². The Hall–Kier alpha value is -1.49. The molecule has 0 bridgehead atoms. The van der Waals surface area contributed by atoms with Gasteiger partial charge >= 0.3 is 5.97 Å². The number of cyclic esters (lactones) is 1. The molecule has 0 saturated heterocycles. The van der Waals surface area contributed by atoms with E-state index in [1.54, 1.807) is 13.8 Å². The molecule has 0 fully saturated rings. The molecule has 1 aliphatic rings. The van der Waals surface area contributed by atoms with Crippen LogP contribution in [-0.2, 0) is 14.3 Å². The van der Waals surface area contributed by atoms with Crippen molar-refractivity contribution in [3.63, 3.8) is 0 Å². The molecule has 2 rings (SSSR count). The van der Waals surface area contributed by atoms with Gasteiger partial charge < -0.3 is 9.53 Å². The Balaban J connectivity index is 2.48. The predicted octanol–water partition coefficient (Wildman–Crippen LogP) is 4.03. The number of halogens is 1. The molecule has 5 heteroatoms. The number of ketones is 1. The van der Waals surface area contributed by atoms with E-state index in [9.17, 15) is 9.59 Å². The van der Waals surface area contributed by atoms with E-state index < -0.39 is 5.72 Å². The van der Waals surface area contributed by atoms with E-state index in [2.05, 4.69) is 20.9 Å². The van der Waals surface area contributed by atoms with Gasteiger partial charge in [-0.15, -0.1) is 0 Å². The summed E-state index contributed by atoms with van der Waals surface area (Å²) in [7, 11) is 0. The number of esters is 1. The Morgan fingerprint density at radius 3 is 2.45 bits per heavy atom. The summed E-state index contributed by atoms with van der Waals surface area (Å²) in [5, 5.41) is 0. The lowest BCUT2D eigenvalue weighted by Gasteiger charge is -2.33. The van der Waals surface area contributed by atoms with Crippen molar-refractivity contribution in [2.75, 3.05) is 0 Å². The fourth-order valence-corrected chi connectivity index (χ4v) is 3.16. The first-order chi connectivity index (χ1) is 10.4. The van der Waals surface area contributed by atoms with Crippen LogP contribution in [0.15, 0.2) is 33.7 Å². The number of Topliss-reactive ketones (excluding diaryl/α,β-unsaturated/α-hetero) is 1. The molecule has 0 saturated carbocycles. The average Bonchev–Trinajstić information content (AvgIpc) is 2.73. The molecule has 2 atom stereocenters. The Morgan fingerprint density at radius 2 is 2.00 bits per heavy atom. The summed E-state index contributed by atoms with van der Waals surface area (Å²) in [6, 6.07) is 7.75. The number of carbonyl (C=O) groups excluding carboxylic acids is 2. The second-order valence-corrected chi connectivity index (χ2v) is 6.61. The molecule has 0 N–H and O–H groups in total. The first-order valence-corrected chi connectivity index (χ1v) is 8.22. The van der Waals surface area contributed by atoms with Gasteiger partial charge in [0.1, 0.15) is 11.5 Å². The van der Waals surface area contributed by atoms with Crippen LogP contribution in [0.25, 0.3) is 0 Å². The number of ether oxygens (including phenoxy) is 1. The number of nitrogens with zero attached hydrogens (tertiary/aromatic N) is 1. The van der Waals surface area contributed by atoms with Crippen LogP contribution in [0, 0.1) is 0 Å². The third kappa shape index (κ3) is 3.46. The normalized spacial score (nSPS) is 22.2. The quantitative estimate of drug-likeness (QED) is 0.715. The Kier molecular flexibility index (Phi) is 5.16. The third-order valence-corrected chi connectivity index (χ3v) is 4.37. The van der Waals surface area contributed by atoms with E-state index in [-0.39, 0.29) is 17.7 Å². The zero-order valence-corrected chi connectivity index (χ0v) is 14.6. The summed E-state index contributed by atoms with van der Waals surface area (Å²) in [5.74, 6) is -0.599. The van der Waals surface area contributed by atoms with Gasteiger partial charge in [0.25, 0.3) is 0 Å². The maximum absolute atomic E-state index is 11.9. The Bertz CT molecular complexity index is 609. The standard InChI is InChI=1S/C17H20BrNO3/c1-4-9-17(19-12(3)16(21)22-17)15(10-11(2)20)13-5-7-14(18)8-6-13/h5-8,15H,4,9-10H2,1-3H3. The van der Waals surface area contributed by atoms with E-state index >= 15 is 0 Å². The molecule has 1 aromatic rings. The molecule has 118 valence electrons. The predicted molar refractivity (Wildman–Crippen MR) is 89.0 cm³/mol. The zero-order chi connectivity index (χ0) is 16.3. The molecule has 0 spiro atoms. The van der Waals surface area contributed by atoms with Gasteiger partial charge in [-0.05, 0) is 31.5 Å². The molecular weight excluding hydrogens is 346 g/mol. The molecule has 2 unspecified atom stereocenters. The first-order valence-electron chi connectivity index (χ1n) is 7.42. The van der Waals surface area contributed by atoms with Gasteiger partial charge in [-0.25, -0.2) is 9.79 Å². The van der Waals surface area contributed by atoms with E-state index in [0.29, 0.717) is 18.6 Å². The molecule has 4 nitrogen and oxygen atoms in total. The molecule has 0 aromatic heterocycles. The van der Waals surface area contributed by atoms with Crippen LogP contribution < -0.4 is 0 Å². The zero-order valence-electron chi connectivity index (χ0n) is 13.1. The number of carbonyl (C=O) groups is 2. The molecule has 0 amide bonds. The van der Waals surface area contributed by atoms with Crippen LogP contribution in [-0.4, -0.2) is 23.2 Å². The number of rotatable bonds is 6. The molecule has 1 aromatic carbocycles. The van der Waals surface area contributed by atoms with Crippen molar-refractivity contribution < 1.29 is 14.3 Å². The van der Waals surface area contributed by atoms with Crippen molar-refractivity contribution in [1.29, 1.82) is 0 Å². The van der Waals surface area contributed by atoms with Gasteiger partial charge in [-0.1, -0.05) is 41.4 Å². The van der Waals surface area contributed by atoms with Gasteiger partial charge in [0.05, 0.1) is 5.92 Å². The van der Waals surface area contributed by atoms with Crippen molar-refractivity contribution in [2.24, 2.45) is 4.99 Å². The molecule has 0 aliphatic carbocycles. The minimum Gasteiger partial charge on any atom is -0.432 e. The summed E-state index contributed by atoms with van der Waals surface area (Å²) in [6.45, 7) is 5.23. The van der Waals surface area contributed by atoms with E-state index in [1.807, 2.05) is 31.2 Å². The second-order valence-electron chi connectivity index (χ2n) is 5.69. The highest BCUT2D eigenvalue weighted by Gasteiger charge is 2.47. The van der Waals surface area contributed by atoms with Crippen molar-refractivity contribution in [3.05, 3.63) is 34.3 Å². The molecule has 0 radical (unpaired) electrons. The van der Waals surface area contributed by atoms with Crippen LogP contribution in [0.2, 0.25) is 0 Å². The van der Waals surface area contributed by atoms with Gasteiger partial charge in [0.15, 0.2) is 0 Å². The number of hydrogen-bond acceptors (Lipinski definition) is 4. The highest BCUT2D eigenvalue weighted by Crippen LogP contribution is 2.42. The van der Waals surface area contributed by atoms with Gasteiger partial charge in [0.2, 0.25) is 5.72 Å². The maximum atomic E-state index is 11.9. The topological polar surface area (TPSA) is 55.7 Å². The fraction of sp³-hybridized carbons (Fsp3) is 0.471. The van der Waals surface area contributed by atoms with Crippen LogP contribution in [0.5, 0.6) is 0 Å². The molecular formula is C17H20BrNO3. The number of hydrogen-bond donors (Lipinski definition) is 0. The number of benzene rings is 1. The van der Waals surface area contributed by atoms with Crippen LogP contribution >= 0.6 is 15.9 Å². The van der Waals surface area contributed by atoms with Crippen molar-refractivity contribution in [2.45, 2.75) is 51.7 Å². The lowest BCUT2D eigenvalue weighted by Crippen LogP contribution is -2.37. The van der Waals surface area contributed by atoms with E-state index in [1.165, 1.54) is 0 Å². The van der Waals surface area contributed by atoms with Crippen LogP contribution in [0.4, 0.5) is 0 Å². The summed E-state index contributed by atoms with van der Waals surface area (Å²) < 4.78 is 6.61. The maximum Gasteiger partial charge on any atom is 0.354 e. The first kappa shape index (κ1) is 16.9. The fourth-order valence-electron chi connectivity index (χ4n) is 2.90. The summed E-state index contributed by atoms with van der Waals surface area (Å²) in [6.07, 6.45) is 1.71. The minimum absolute atomic E-state index is 0.0548. The second kappa shape index (κ2) is 6.73. The summed E-state index contributed by atoms with van der Waals surface area (Å²) >= 11 is 3.41. The van der Waals surface area contributed by atoms with Gasteiger partial charge in [-0.2, -0.15) is 0 Å². The minimum atomic E-state index is -0.963. The van der Waals surface area contributed by atoms with E-state index in [4.69, 9.17) is 4.74 Å². The Labute approximate surface area is 139 Å². The smallest absolute Gasteiger partial charge is 0.354 e. The van der Waals surface area contributed by atoms with Crippen LogP contribution in [0.3, 0.4) is 0 Å². The molecule has 1 heterocycles. The largest absolute Gasteiger partial charge is 0.432 e. The van der Waals surface area contributed by atoms with Crippen molar-refractivity contribution >= 4 is 33.4 Å². The average molecular weight is 366 g/mol. The van der Waals surface area contributed by atoms with Crippen molar-refractivity contribution in [1.82, 2.24) is 0 Å². The number of aliphatic imine (C=N–C) groups is 1. The highest BCUT2D eigenvalue weighted by atomic mass is 79.9. The molecule has 1 aliphatic heterocycles. The Morgan fingerprint density at radius 1 is 1.36 bits per heavy atom. The lowest BCUT2D eigenvalue weighted by atomic mass is 9.82. The third-order valence-electron chi connectivity index (χ3n) is 3.84. The van der Waals surface area contributed by atoms with E-state index in [0.717, 1.165) is 16.5 Å². The molecule has 22 heavy (non-hydrogen) atoms. The summed E-state index contributed by atoms with van der Waals surface area (Å²) in [5.41, 5.74) is 0.368. The van der Waals surface area contributed by atoms with Crippen molar-refractivity contribution in [3.8, 4) is 0 Å². The highest BCUT2D eigenvalue weighted by molar-refractivity contribution is 9.10. The SMILES string of the molecule is CCCC1(C(CC(C)=O)c2ccc(Br)cc2)N=C(C)C(=O)O1. The summed E-state index contributed by atoms with van der Waals surface area (Å²) in [4.78, 5) is 28.2.